The minimum atomic E-state index is -0.0905. The molecule has 1 aromatic rings. The molecule has 1 aromatic carbocycles. The first-order valence-corrected chi connectivity index (χ1v) is 4.23. The van der Waals surface area contributed by atoms with Crippen LogP contribution in [0.1, 0.15) is 18.0 Å². The van der Waals surface area contributed by atoms with Gasteiger partial charge in [0.05, 0.1) is 0 Å². The molecule has 1 rings (SSSR count). The second kappa shape index (κ2) is 4.45. The van der Waals surface area contributed by atoms with Crippen molar-refractivity contribution < 1.29 is 5.11 Å². The van der Waals surface area contributed by atoms with E-state index in [0.717, 1.165) is 5.56 Å². The molecule has 12 heavy (non-hydrogen) atoms. The first-order valence-electron chi connectivity index (χ1n) is 3.86. The van der Waals surface area contributed by atoms with Gasteiger partial charge in [0.15, 0.2) is 0 Å². The molecule has 3 N–H and O–H groups in total. The highest BCUT2D eigenvalue weighted by Crippen LogP contribution is 2.16. The number of halogens is 1. The van der Waals surface area contributed by atoms with Crippen LogP contribution >= 0.6 is 11.6 Å². The molecule has 0 radical (unpaired) electrons. The van der Waals surface area contributed by atoms with Gasteiger partial charge >= 0.3 is 0 Å². The second-order valence-electron chi connectivity index (χ2n) is 2.67. The van der Waals surface area contributed by atoms with Gasteiger partial charge in [0.25, 0.3) is 0 Å². The molecular formula is C9H12ClNO. The summed E-state index contributed by atoms with van der Waals surface area (Å²) in [6, 6.07) is 7.26. The molecule has 0 aliphatic heterocycles. The first kappa shape index (κ1) is 9.52. The lowest BCUT2D eigenvalue weighted by molar-refractivity contribution is 0.276. The van der Waals surface area contributed by atoms with Crippen molar-refractivity contribution in [1.82, 2.24) is 0 Å². The Labute approximate surface area is 77.0 Å². The third kappa shape index (κ3) is 2.48. The Bertz CT molecular complexity index is 235. The number of aliphatic hydroxyl groups excluding tert-OH is 1. The summed E-state index contributed by atoms with van der Waals surface area (Å²) in [6.07, 6.45) is 0.585. The molecule has 0 amide bonds. The fourth-order valence-electron chi connectivity index (χ4n) is 1.02. The van der Waals surface area contributed by atoms with E-state index >= 15 is 0 Å². The van der Waals surface area contributed by atoms with Crippen LogP contribution in [-0.4, -0.2) is 11.7 Å². The molecule has 0 spiro atoms. The largest absolute Gasteiger partial charge is 0.396 e. The van der Waals surface area contributed by atoms with Crippen LogP contribution in [0.3, 0.4) is 0 Å². The van der Waals surface area contributed by atoms with Gasteiger partial charge in [-0.25, -0.2) is 0 Å². The summed E-state index contributed by atoms with van der Waals surface area (Å²) in [6.45, 7) is 0.115. The predicted octanol–water partition coefficient (Wildman–Crippen LogP) is 1.72. The highest BCUT2D eigenvalue weighted by molar-refractivity contribution is 6.30. The molecule has 0 aromatic heterocycles. The fraction of sp³-hybridized carbons (Fsp3) is 0.333. The van der Waals surface area contributed by atoms with Crippen LogP contribution in [0.25, 0.3) is 0 Å². The lowest BCUT2D eigenvalue weighted by Gasteiger charge is -2.09. The first-order chi connectivity index (χ1) is 5.74. The van der Waals surface area contributed by atoms with Crippen LogP contribution in [0, 0.1) is 0 Å². The monoisotopic (exact) mass is 185 g/mol. The standard InChI is InChI=1S/C9H12ClNO/c10-8-3-1-7(2-4-8)9(11)5-6-12/h1-4,9,12H,5-6,11H2. The minimum Gasteiger partial charge on any atom is -0.396 e. The lowest BCUT2D eigenvalue weighted by atomic mass is 10.1. The van der Waals surface area contributed by atoms with E-state index in [1.54, 1.807) is 12.1 Å². The summed E-state index contributed by atoms with van der Waals surface area (Å²) < 4.78 is 0. The maximum absolute atomic E-state index is 8.65. The maximum Gasteiger partial charge on any atom is 0.0449 e. The average Bonchev–Trinajstić information content (AvgIpc) is 2.06. The fourth-order valence-corrected chi connectivity index (χ4v) is 1.14. The number of hydrogen-bond acceptors (Lipinski definition) is 2. The summed E-state index contributed by atoms with van der Waals surface area (Å²) in [5.74, 6) is 0. The van der Waals surface area contributed by atoms with Crippen molar-refractivity contribution in [2.45, 2.75) is 12.5 Å². The smallest absolute Gasteiger partial charge is 0.0449 e. The van der Waals surface area contributed by atoms with Crippen LogP contribution in [-0.2, 0) is 0 Å². The van der Waals surface area contributed by atoms with Crippen LogP contribution in [0.2, 0.25) is 5.02 Å². The number of nitrogens with two attached hydrogens (primary N) is 1. The summed E-state index contributed by atoms with van der Waals surface area (Å²) >= 11 is 5.70. The van der Waals surface area contributed by atoms with Gasteiger partial charge in [-0.05, 0) is 24.1 Å². The molecule has 0 heterocycles. The summed E-state index contributed by atoms with van der Waals surface area (Å²) in [4.78, 5) is 0. The van der Waals surface area contributed by atoms with Crippen LogP contribution in [0.4, 0.5) is 0 Å². The molecule has 66 valence electrons. The van der Waals surface area contributed by atoms with E-state index in [-0.39, 0.29) is 12.6 Å². The molecule has 1 atom stereocenters. The van der Waals surface area contributed by atoms with Crippen molar-refractivity contribution in [3.63, 3.8) is 0 Å². The van der Waals surface area contributed by atoms with E-state index in [1.807, 2.05) is 12.1 Å². The quantitative estimate of drug-likeness (QED) is 0.754. The molecule has 0 saturated carbocycles. The SMILES string of the molecule is NC(CCO)c1ccc(Cl)cc1. The lowest BCUT2D eigenvalue weighted by Crippen LogP contribution is -2.11. The van der Waals surface area contributed by atoms with Gasteiger partial charge in [-0.1, -0.05) is 23.7 Å². The van der Waals surface area contributed by atoms with E-state index in [9.17, 15) is 0 Å². The summed E-state index contributed by atoms with van der Waals surface area (Å²) in [5.41, 5.74) is 6.76. The molecule has 0 aliphatic carbocycles. The highest BCUT2D eigenvalue weighted by atomic mass is 35.5. The molecule has 1 unspecified atom stereocenters. The van der Waals surface area contributed by atoms with Crippen molar-refractivity contribution in [2.75, 3.05) is 6.61 Å². The topological polar surface area (TPSA) is 46.2 Å². The Balaban J connectivity index is 2.68. The molecule has 0 aliphatic rings. The van der Waals surface area contributed by atoms with Gasteiger partial charge in [-0.2, -0.15) is 0 Å². The zero-order valence-corrected chi connectivity index (χ0v) is 7.46. The van der Waals surface area contributed by atoms with Gasteiger partial charge in [0.1, 0.15) is 0 Å². The number of rotatable bonds is 3. The maximum atomic E-state index is 8.65. The van der Waals surface area contributed by atoms with Crippen molar-refractivity contribution in [3.8, 4) is 0 Å². The summed E-state index contributed by atoms with van der Waals surface area (Å²) in [7, 11) is 0. The average molecular weight is 186 g/mol. The normalized spacial score (nSPS) is 12.9. The predicted molar refractivity (Wildman–Crippen MR) is 50.1 cm³/mol. The van der Waals surface area contributed by atoms with Gasteiger partial charge < -0.3 is 10.8 Å². The molecule has 0 saturated heterocycles. The van der Waals surface area contributed by atoms with Crippen LogP contribution in [0.5, 0.6) is 0 Å². The zero-order valence-electron chi connectivity index (χ0n) is 6.70. The van der Waals surface area contributed by atoms with Gasteiger partial charge in [-0.15, -0.1) is 0 Å². The minimum absolute atomic E-state index is 0.0905. The van der Waals surface area contributed by atoms with Gasteiger partial charge in [0, 0.05) is 17.7 Å². The molecule has 0 bridgehead atoms. The van der Waals surface area contributed by atoms with E-state index in [1.165, 1.54) is 0 Å². The second-order valence-corrected chi connectivity index (χ2v) is 3.11. The van der Waals surface area contributed by atoms with Crippen molar-refractivity contribution >= 4 is 11.6 Å². The Morgan fingerprint density at radius 2 is 1.92 bits per heavy atom. The highest BCUT2D eigenvalue weighted by Gasteiger charge is 2.03. The number of hydrogen-bond donors (Lipinski definition) is 2. The molecule has 0 fully saturated rings. The van der Waals surface area contributed by atoms with E-state index in [4.69, 9.17) is 22.4 Å². The third-order valence-electron chi connectivity index (χ3n) is 1.74. The van der Waals surface area contributed by atoms with Crippen LogP contribution in [0.15, 0.2) is 24.3 Å². The molecule has 2 nitrogen and oxygen atoms in total. The molecule has 3 heteroatoms. The third-order valence-corrected chi connectivity index (χ3v) is 1.99. The zero-order chi connectivity index (χ0) is 8.97. The Kier molecular flexibility index (Phi) is 3.53. The van der Waals surface area contributed by atoms with Crippen molar-refractivity contribution in [2.24, 2.45) is 5.73 Å². The summed E-state index contributed by atoms with van der Waals surface area (Å²) in [5, 5.41) is 9.35. The van der Waals surface area contributed by atoms with Crippen molar-refractivity contribution in [3.05, 3.63) is 34.9 Å². The van der Waals surface area contributed by atoms with Crippen molar-refractivity contribution in [1.29, 1.82) is 0 Å². The Hall–Kier alpha value is -0.570. The molecular weight excluding hydrogens is 174 g/mol. The Morgan fingerprint density at radius 3 is 2.42 bits per heavy atom. The van der Waals surface area contributed by atoms with Crippen LogP contribution < -0.4 is 5.73 Å². The Morgan fingerprint density at radius 1 is 1.33 bits per heavy atom. The van der Waals surface area contributed by atoms with Gasteiger partial charge in [-0.3, -0.25) is 0 Å². The van der Waals surface area contributed by atoms with E-state index in [0.29, 0.717) is 11.4 Å². The number of benzene rings is 1. The number of aliphatic hydroxyl groups is 1. The van der Waals surface area contributed by atoms with E-state index in [2.05, 4.69) is 0 Å². The van der Waals surface area contributed by atoms with Gasteiger partial charge in [0.2, 0.25) is 0 Å². The van der Waals surface area contributed by atoms with E-state index < -0.39 is 0 Å².